The summed E-state index contributed by atoms with van der Waals surface area (Å²) < 4.78 is 1.69. The molecule has 1 unspecified atom stereocenters. The van der Waals surface area contributed by atoms with Crippen LogP contribution in [0.15, 0.2) is 61.4 Å². The van der Waals surface area contributed by atoms with E-state index in [-0.39, 0.29) is 11.9 Å². The minimum absolute atomic E-state index is 0.133. The fourth-order valence-electron chi connectivity index (χ4n) is 2.76. The van der Waals surface area contributed by atoms with Crippen molar-refractivity contribution in [2.45, 2.75) is 13.0 Å². The molecule has 1 amide bonds. The Morgan fingerprint density at radius 3 is 2.80 bits per heavy atom. The first-order valence-corrected chi connectivity index (χ1v) is 7.90. The number of nitrogens with one attached hydrogen (secondary N) is 2. The highest BCUT2D eigenvalue weighted by atomic mass is 16.1. The lowest BCUT2D eigenvalue weighted by Crippen LogP contribution is -2.26. The SMILES string of the molecule is CC(NC(=O)c1cccc2[nH]cnc12)c1ccc(-n2cncn2)cc1. The van der Waals surface area contributed by atoms with Crippen LogP contribution in [-0.4, -0.2) is 30.6 Å². The van der Waals surface area contributed by atoms with Crippen molar-refractivity contribution in [3.05, 3.63) is 72.6 Å². The van der Waals surface area contributed by atoms with E-state index in [9.17, 15) is 4.79 Å². The minimum atomic E-state index is -0.148. The number of benzene rings is 2. The van der Waals surface area contributed by atoms with Gasteiger partial charge in [-0.3, -0.25) is 4.79 Å². The van der Waals surface area contributed by atoms with E-state index in [1.165, 1.54) is 6.33 Å². The summed E-state index contributed by atoms with van der Waals surface area (Å²) in [7, 11) is 0. The van der Waals surface area contributed by atoms with Gasteiger partial charge in [-0.1, -0.05) is 18.2 Å². The summed E-state index contributed by atoms with van der Waals surface area (Å²) in [6, 6.07) is 13.2. The van der Waals surface area contributed by atoms with Crippen LogP contribution in [0.25, 0.3) is 16.7 Å². The number of H-pyrrole nitrogens is 1. The Morgan fingerprint density at radius 1 is 1.20 bits per heavy atom. The molecule has 0 aliphatic rings. The predicted octanol–water partition coefficient (Wildman–Crippen LogP) is 2.63. The monoisotopic (exact) mass is 332 g/mol. The van der Waals surface area contributed by atoms with Crippen molar-refractivity contribution < 1.29 is 4.79 Å². The van der Waals surface area contributed by atoms with E-state index < -0.39 is 0 Å². The van der Waals surface area contributed by atoms with E-state index in [1.54, 1.807) is 23.4 Å². The highest BCUT2D eigenvalue weighted by Crippen LogP contribution is 2.18. The first-order valence-electron chi connectivity index (χ1n) is 7.90. The maximum Gasteiger partial charge on any atom is 0.254 e. The second-order valence-electron chi connectivity index (χ2n) is 5.73. The lowest BCUT2D eigenvalue weighted by Gasteiger charge is -2.15. The molecule has 2 aromatic carbocycles. The topological polar surface area (TPSA) is 88.5 Å². The van der Waals surface area contributed by atoms with Crippen molar-refractivity contribution in [3.8, 4) is 5.69 Å². The van der Waals surface area contributed by atoms with Crippen molar-refractivity contribution >= 4 is 16.9 Å². The molecule has 0 bridgehead atoms. The summed E-state index contributed by atoms with van der Waals surface area (Å²) in [6.07, 6.45) is 4.73. The molecule has 0 fully saturated rings. The normalized spacial score (nSPS) is 12.2. The van der Waals surface area contributed by atoms with Gasteiger partial charge in [0.2, 0.25) is 0 Å². The zero-order valence-corrected chi connectivity index (χ0v) is 13.5. The van der Waals surface area contributed by atoms with Crippen molar-refractivity contribution in [2.24, 2.45) is 0 Å². The quantitative estimate of drug-likeness (QED) is 0.601. The van der Waals surface area contributed by atoms with Gasteiger partial charge in [0.15, 0.2) is 0 Å². The smallest absolute Gasteiger partial charge is 0.254 e. The van der Waals surface area contributed by atoms with Crippen LogP contribution in [0.5, 0.6) is 0 Å². The van der Waals surface area contributed by atoms with Crippen LogP contribution in [0.4, 0.5) is 0 Å². The third-order valence-electron chi connectivity index (χ3n) is 4.12. The van der Waals surface area contributed by atoms with Gasteiger partial charge in [0.1, 0.15) is 18.2 Å². The second-order valence-corrected chi connectivity index (χ2v) is 5.73. The van der Waals surface area contributed by atoms with Gasteiger partial charge in [-0.25, -0.2) is 14.6 Å². The van der Waals surface area contributed by atoms with E-state index >= 15 is 0 Å². The molecule has 2 N–H and O–H groups in total. The molecule has 0 aliphatic heterocycles. The lowest BCUT2D eigenvalue weighted by molar-refractivity contribution is 0.0941. The van der Waals surface area contributed by atoms with Crippen molar-refractivity contribution in [2.75, 3.05) is 0 Å². The number of aromatic nitrogens is 5. The fraction of sp³-hybridized carbons (Fsp3) is 0.111. The average Bonchev–Trinajstić information content (AvgIpc) is 3.33. The molecule has 0 aliphatic carbocycles. The summed E-state index contributed by atoms with van der Waals surface area (Å²) in [5, 5.41) is 7.12. The first-order chi connectivity index (χ1) is 12.2. The van der Waals surface area contributed by atoms with Crippen molar-refractivity contribution in [3.63, 3.8) is 0 Å². The molecule has 2 heterocycles. The number of rotatable bonds is 4. The van der Waals surface area contributed by atoms with E-state index in [0.29, 0.717) is 11.1 Å². The van der Waals surface area contributed by atoms with Gasteiger partial charge < -0.3 is 10.3 Å². The van der Waals surface area contributed by atoms with Crippen LogP contribution in [0.2, 0.25) is 0 Å². The zero-order valence-electron chi connectivity index (χ0n) is 13.5. The molecule has 4 aromatic rings. The standard InChI is InChI=1S/C18H16N6O/c1-12(13-5-7-14(8-6-13)24-11-19-9-22-24)23-18(25)15-3-2-4-16-17(15)21-10-20-16/h2-12H,1H3,(H,20,21)(H,23,25). The van der Waals surface area contributed by atoms with Gasteiger partial charge >= 0.3 is 0 Å². The first kappa shape index (κ1) is 15.1. The number of nitrogens with zero attached hydrogens (tertiary/aromatic N) is 4. The predicted molar refractivity (Wildman–Crippen MR) is 93.3 cm³/mol. The van der Waals surface area contributed by atoms with Crippen LogP contribution in [0.3, 0.4) is 0 Å². The average molecular weight is 332 g/mol. The third kappa shape index (κ3) is 2.87. The summed E-state index contributed by atoms with van der Waals surface area (Å²) in [6.45, 7) is 1.95. The Bertz CT molecular complexity index is 1000. The molecule has 0 saturated carbocycles. The summed E-state index contributed by atoms with van der Waals surface area (Å²) >= 11 is 0. The molecular weight excluding hydrogens is 316 g/mol. The van der Waals surface area contributed by atoms with Gasteiger partial charge in [-0.2, -0.15) is 5.10 Å². The molecule has 0 saturated heterocycles. The van der Waals surface area contributed by atoms with E-state index in [4.69, 9.17) is 0 Å². The van der Waals surface area contributed by atoms with E-state index in [2.05, 4.69) is 25.4 Å². The van der Waals surface area contributed by atoms with Crippen molar-refractivity contribution in [1.29, 1.82) is 0 Å². The Hall–Kier alpha value is -3.48. The number of amides is 1. The van der Waals surface area contributed by atoms with E-state index in [0.717, 1.165) is 16.8 Å². The number of carbonyl (C=O) groups excluding carboxylic acids is 1. The Balaban J connectivity index is 1.52. The summed E-state index contributed by atoms with van der Waals surface area (Å²) in [5.74, 6) is -0.148. The molecule has 1 atom stereocenters. The van der Waals surface area contributed by atoms with Crippen molar-refractivity contribution in [1.82, 2.24) is 30.0 Å². The van der Waals surface area contributed by atoms with Gasteiger partial charge in [-0.15, -0.1) is 0 Å². The van der Waals surface area contributed by atoms with Crippen LogP contribution in [0.1, 0.15) is 28.9 Å². The molecule has 0 radical (unpaired) electrons. The van der Waals surface area contributed by atoms with Crippen LogP contribution in [0, 0.1) is 0 Å². The van der Waals surface area contributed by atoms with Gasteiger partial charge in [0.05, 0.1) is 29.1 Å². The number of aromatic amines is 1. The number of para-hydroxylation sites is 1. The van der Waals surface area contributed by atoms with Gasteiger partial charge in [-0.05, 0) is 36.8 Å². The van der Waals surface area contributed by atoms with Crippen LogP contribution < -0.4 is 5.32 Å². The second kappa shape index (κ2) is 6.20. The minimum Gasteiger partial charge on any atom is -0.345 e. The number of hydrogen-bond acceptors (Lipinski definition) is 4. The third-order valence-corrected chi connectivity index (χ3v) is 4.12. The Morgan fingerprint density at radius 2 is 2.04 bits per heavy atom. The molecular formula is C18H16N6O. The Kier molecular flexibility index (Phi) is 3.74. The fourth-order valence-corrected chi connectivity index (χ4v) is 2.76. The van der Waals surface area contributed by atoms with E-state index in [1.807, 2.05) is 43.3 Å². The largest absolute Gasteiger partial charge is 0.345 e. The molecule has 124 valence electrons. The van der Waals surface area contributed by atoms with Crippen LogP contribution in [-0.2, 0) is 0 Å². The molecule has 25 heavy (non-hydrogen) atoms. The molecule has 2 aromatic heterocycles. The maximum absolute atomic E-state index is 12.6. The lowest BCUT2D eigenvalue weighted by atomic mass is 10.1. The zero-order chi connectivity index (χ0) is 17.2. The number of fused-ring (bicyclic) bond motifs is 1. The number of hydrogen-bond donors (Lipinski definition) is 2. The Labute approximate surface area is 143 Å². The number of carbonyl (C=O) groups is 1. The van der Waals surface area contributed by atoms with Gasteiger partial charge in [0.25, 0.3) is 5.91 Å². The number of imidazole rings is 1. The molecule has 0 spiro atoms. The summed E-state index contributed by atoms with van der Waals surface area (Å²) in [4.78, 5) is 23.8. The molecule has 7 nitrogen and oxygen atoms in total. The highest BCUT2D eigenvalue weighted by molar-refractivity contribution is 6.04. The molecule has 4 rings (SSSR count). The highest BCUT2D eigenvalue weighted by Gasteiger charge is 2.15. The molecule has 7 heteroatoms. The van der Waals surface area contributed by atoms with Crippen LogP contribution >= 0.6 is 0 Å². The van der Waals surface area contributed by atoms with Gasteiger partial charge in [0, 0.05) is 0 Å². The summed E-state index contributed by atoms with van der Waals surface area (Å²) in [5.41, 5.74) is 4.00. The maximum atomic E-state index is 12.6.